The molecule has 1 fully saturated rings. The van der Waals surface area contributed by atoms with E-state index in [1.807, 2.05) is 6.92 Å². The first-order chi connectivity index (χ1) is 10.8. The summed E-state index contributed by atoms with van der Waals surface area (Å²) in [6.45, 7) is 1.90. The van der Waals surface area contributed by atoms with E-state index in [1.165, 1.54) is 51.9 Å². The van der Waals surface area contributed by atoms with Crippen LogP contribution in [0.2, 0.25) is 0 Å². The van der Waals surface area contributed by atoms with Crippen LogP contribution in [0, 0.1) is 0 Å². The molecule has 0 bridgehead atoms. The molecule has 2 rings (SSSR count). The summed E-state index contributed by atoms with van der Waals surface area (Å²) in [6, 6.07) is 6.38. The highest BCUT2D eigenvalue weighted by Gasteiger charge is 2.23. The fraction of sp³-hybridized carbons (Fsp3) is 0.562. The Bertz CT molecular complexity index is 653. The zero-order valence-electron chi connectivity index (χ0n) is 13.8. The monoisotopic (exact) mass is 356 g/mol. The van der Waals surface area contributed by atoms with E-state index in [-0.39, 0.29) is 16.1 Å². The number of nitrogens with zero attached hydrogens (tertiary/aromatic N) is 1. The molecule has 7 heteroatoms. The van der Waals surface area contributed by atoms with Gasteiger partial charge in [0.15, 0.2) is 0 Å². The summed E-state index contributed by atoms with van der Waals surface area (Å²) in [4.78, 5) is 12.5. The summed E-state index contributed by atoms with van der Waals surface area (Å²) < 4.78 is 25.4. The number of carbonyl (C=O) groups is 1. The van der Waals surface area contributed by atoms with Gasteiger partial charge in [0.25, 0.3) is 0 Å². The Balaban J connectivity index is 2.03. The first-order valence-corrected chi connectivity index (χ1v) is 10.2. The van der Waals surface area contributed by atoms with Crippen molar-refractivity contribution >= 4 is 33.4 Å². The second kappa shape index (κ2) is 7.68. The molecule has 0 aromatic heterocycles. The number of hydrogen-bond acceptors (Lipinski definition) is 4. The van der Waals surface area contributed by atoms with Crippen LogP contribution < -0.4 is 5.32 Å². The smallest absolute Gasteiger partial charge is 0.242 e. The van der Waals surface area contributed by atoms with Gasteiger partial charge in [0, 0.05) is 25.0 Å². The molecule has 0 saturated heterocycles. The van der Waals surface area contributed by atoms with E-state index in [1.54, 1.807) is 23.9 Å². The standard InChI is InChI=1S/C16H24N2O3S2/c1-12(22-14-8-4-5-9-14)16(19)17-13-7-6-10-15(11-13)23(20,21)18(2)3/h6-7,10-12,14H,4-5,8-9H2,1-3H3,(H,17,19)/t12-/m0/s1. The van der Waals surface area contributed by atoms with Gasteiger partial charge in [-0.1, -0.05) is 18.9 Å². The molecule has 1 aliphatic carbocycles. The molecule has 1 aliphatic rings. The SMILES string of the molecule is C[C@H](SC1CCCC1)C(=O)Nc1cccc(S(=O)(=O)N(C)C)c1. The van der Waals surface area contributed by atoms with E-state index in [9.17, 15) is 13.2 Å². The third-order valence-corrected chi connectivity index (χ3v) is 7.24. The van der Waals surface area contributed by atoms with Crippen molar-refractivity contribution in [3.63, 3.8) is 0 Å². The predicted octanol–water partition coefficient (Wildman–Crippen LogP) is 2.94. The summed E-state index contributed by atoms with van der Waals surface area (Å²) in [6.07, 6.45) is 4.85. The Morgan fingerprint density at radius 3 is 2.57 bits per heavy atom. The van der Waals surface area contributed by atoms with E-state index < -0.39 is 10.0 Å². The van der Waals surface area contributed by atoms with Crippen molar-refractivity contribution in [1.29, 1.82) is 0 Å². The number of nitrogens with one attached hydrogen (secondary N) is 1. The van der Waals surface area contributed by atoms with Gasteiger partial charge in [-0.15, -0.1) is 11.8 Å². The Labute approximate surface area is 142 Å². The minimum absolute atomic E-state index is 0.0821. The first kappa shape index (κ1) is 18.3. The lowest BCUT2D eigenvalue weighted by atomic mass is 10.3. The molecule has 1 atom stereocenters. The van der Waals surface area contributed by atoms with E-state index in [4.69, 9.17) is 0 Å². The van der Waals surface area contributed by atoms with E-state index in [2.05, 4.69) is 5.32 Å². The van der Waals surface area contributed by atoms with Gasteiger partial charge in [-0.3, -0.25) is 4.79 Å². The molecule has 1 aromatic rings. The normalized spacial score (nSPS) is 17.4. The molecule has 1 aromatic carbocycles. The minimum atomic E-state index is -3.50. The van der Waals surface area contributed by atoms with Gasteiger partial charge >= 0.3 is 0 Å². The first-order valence-electron chi connectivity index (χ1n) is 7.79. The summed E-state index contributed by atoms with van der Waals surface area (Å²) in [5, 5.41) is 3.24. The molecule has 0 heterocycles. The van der Waals surface area contributed by atoms with Crippen molar-refractivity contribution in [3.8, 4) is 0 Å². The molecule has 128 valence electrons. The highest BCUT2D eigenvalue weighted by atomic mass is 32.2. The molecule has 23 heavy (non-hydrogen) atoms. The van der Waals surface area contributed by atoms with Crippen molar-refractivity contribution in [2.45, 2.75) is 48.0 Å². The molecule has 1 N–H and O–H groups in total. The molecule has 0 spiro atoms. The predicted molar refractivity (Wildman–Crippen MR) is 95.3 cm³/mol. The fourth-order valence-corrected chi connectivity index (χ4v) is 4.88. The van der Waals surface area contributed by atoms with Crippen LogP contribution >= 0.6 is 11.8 Å². The molecule has 1 amide bonds. The third-order valence-electron chi connectivity index (χ3n) is 3.95. The average molecular weight is 357 g/mol. The molecule has 1 saturated carbocycles. The highest BCUT2D eigenvalue weighted by molar-refractivity contribution is 8.01. The lowest BCUT2D eigenvalue weighted by Gasteiger charge is -2.17. The van der Waals surface area contributed by atoms with Gasteiger partial charge in [0.2, 0.25) is 15.9 Å². The van der Waals surface area contributed by atoms with Crippen LogP contribution in [0.1, 0.15) is 32.6 Å². The van der Waals surface area contributed by atoms with Crippen LogP contribution in [0.4, 0.5) is 5.69 Å². The molecule has 0 radical (unpaired) electrons. The third kappa shape index (κ3) is 4.71. The molecule has 5 nitrogen and oxygen atoms in total. The number of anilines is 1. The second-order valence-corrected chi connectivity index (χ2v) is 9.79. The van der Waals surface area contributed by atoms with Gasteiger partial charge < -0.3 is 5.32 Å². The topological polar surface area (TPSA) is 66.5 Å². The second-order valence-electron chi connectivity index (χ2n) is 5.99. The Morgan fingerprint density at radius 1 is 1.30 bits per heavy atom. The Morgan fingerprint density at radius 2 is 1.96 bits per heavy atom. The van der Waals surface area contributed by atoms with Crippen LogP contribution in [0.3, 0.4) is 0 Å². The van der Waals surface area contributed by atoms with Crippen molar-refractivity contribution in [1.82, 2.24) is 4.31 Å². The molecule has 0 unspecified atom stereocenters. The summed E-state index contributed by atoms with van der Waals surface area (Å²) in [5.74, 6) is -0.0821. The summed E-state index contributed by atoms with van der Waals surface area (Å²) in [5.41, 5.74) is 0.511. The Hall–Kier alpha value is -1.05. The lowest BCUT2D eigenvalue weighted by Crippen LogP contribution is -2.25. The quantitative estimate of drug-likeness (QED) is 0.851. The van der Waals surface area contributed by atoms with E-state index >= 15 is 0 Å². The van der Waals surface area contributed by atoms with Crippen LogP contribution in [0.25, 0.3) is 0 Å². The van der Waals surface area contributed by atoms with Gasteiger partial charge in [-0.25, -0.2) is 12.7 Å². The number of benzene rings is 1. The number of sulfonamides is 1. The highest BCUT2D eigenvalue weighted by Crippen LogP contribution is 2.32. The lowest BCUT2D eigenvalue weighted by molar-refractivity contribution is -0.115. The van der Waals surface area contributed by atoms with Gasteiger partial charge in [0.05, 0.1) is 10.1 Å². The van der Waals surface area contributed by atoms with Gasteiger partial charge in [-0.05, 0) is 38.0 Å². The number of hydrogen-bond donors (Lipinski definition) is 1. The molecular formula is C16H24N2O3S2. The zero-order chi connectivity index (χ0) is 17.0. The van der Waals surface area contributed by atoms with Crippen LogP contribution in [0.5, 0.6) is 0 Å². The zero-order valence-corrected chi connectivity index (χ0v) is 15.4. The van der Waals surface area contributed by atoms with Crippen molar-refractivity contribution in [3.05, 3.63) is 24.3 Å². The number of amides is 1. The number of carbonyl (C=O) groups excluding carboxylic acids is 1. The van der Waals surface area contributed by atoms with E-state index in [0.717, 1.165) is 4.31 Å². The minimum Gasteiger partial charge on any atom is -0.325 e. The fourth-order valence-electron chi connectivity index (χ4n) is 2.56. The largest absolute Gasteiger partial charge is 0.325 e. The summed E-state index contributed by atoms with van der Waals surface area (Å²) in [7, 11) is -0.523. The maximum atomic E-state index is 12.3. The number of rotatable bonds is 6. The van der Waals surface area contributed by atoms with Crippen LogP contribution in [-0.4, -0.2) is 43.2 Å². The van der Waals surface area contributed by atoms with Gasteiger partial charge in [0.1, 0.15) is 0 Å². The Kier molecular flexibility index (Phi) is 6.11. The van der Waals surface area contributed by atoms with Crippen molar-refractivity contribution in [2.75, 3.05) is 19.4 Å². The van der Waals surface area contributed by atoms with Crippen LogP contribution in [-0.2, 0) is 14.8 Å². The molecular weight excluding hydrogens is 332 g/mol. The van der Waals surface area contributed by atoms with Crippen molar-refractivity contribution < 1.29 is 13.2 Å². The maximum Gasteiger partial charge on any atom is 0.242 e. The van der Waals surface area contributed by atoms with E-state index in [0.29, 0.717) is 10.9 Å². The maximum absolute atomic E-state index is 12.3. The summed E-state index contributed by atoms with van der Waals surface area (Å²) >= 11 is 1.71. The number of thioether (sulfide) groups is 1. The average Bonchev–Trinajstić information content (AvgIpc) is 3.00. The molecule has 0 aliphatic heterocycles. The van der Waals surface area contributed by atoms with Crippen molar-refractivity contribution in [2.24, 2.45) is 0 Å². The van der Waals surface area contributed by atoms with Gasteiger partial charge in [-0.2, -0.15) is 0 Å². The van der Waals surface area contributed by atoms with Crippen LogP contribution in [0.15, 0.2) is 29.2 Å².